The van der Waals surface area contributed by atoms with E-state index in [4.69, 9.17) is 13.3 Å². The third-order valence-electron chi connectivity index (χ3n) is 15.8. The summed E-state index contributed by atoms with van der Waals surface area (Å²) in [6.07, 6.45) is 1.62. The second-order valence-corrected chi connectivity index (χ2v) is 21.6. The fraction of sp³-hybridized carbons (Fsp3) is 0.0256. The molecule has 430 valence electrons. The molecule has 0 saturated carbocycles. The molecule has 90 heavy (non-hydrogen) atoms. The van der Waals surface area contributed by atoms with Crippen LogP contribution in [0.15, 0.2) is 303 Å². The molecule has 0 atom stereocenters. The van der Waals surface area contributed by atoms with Crippen LogP contribution >= 0.6 is 0 Å². The average molecular weight is 1170 g/mol. The number of fused-ring (bicyclic) bond motifs is 2. The fourth-order valence-electron chi connectivity index (χ4n) is 11.0. The van der Waals surface area contributed by atoms with Gasteiger partial charge in [0, 0.05) is 38.9 Å². The Hall–Kier alpha value is -12.3. The predicted molar refractivity (Wildman–Crippen MR) is 358 cm³/mol. The van der Waals surface area contributed by atoms with Crippen LogP contribution in [0.25, 0.3) is 135 Å². The smallest absolute Gasteiger partial charge is 0.248 e. The van der Waals surface area contributed by atoms with E-state index in [1.807, 2.05) is 182 Å². The highest BCUT2D eigenvalue weighted by Crippen LogP contribution is 2.37. The lowest BCUT2D eigenvalue weighted by molar-refractivity contribution is 0.551. The third kappa shape index (κ3) is 11.9. The zero-order valence-corrected chi connectivity index (χ0v) is 48.9. The van der Waals surface area contributed by atoms with Crippen LogP contribution < -0.4 is 0 Å². The van der Waals surface area contributed by atoms with Crippen LogP contribution in [0.5, 0.6) is 0 Å². The van der Waals surface area contributed by atoms with Crippen molar-refractivity contribution < 1.29 is 18.4 Å². The minimum atomic E-state index is -0.152. The van der Waals surface area contributed by atoms with Crippen molar-refractivity contribution in [1.29, 1.82) is 0 Å². The first-order chi connectivity index (χ1) is 44.3. The van der Waals surface area contributed by atoms with Gasteiger partial charge in [0.05, 0.1) is 6.21 Å². The number of hydrogen-bond acceptors (Lipinski definition) is 11. The quantitative estimate of drug-likeness (QED) is 0.0668. The van der Waals surface area contributed by atoms with Crippen molar-refractivity contribution >= 4 is 33.7 Å². The van der Waals surface area contributed by atoms with Crippen molar-refractivity contribution in [2.75, 3.05) is 0 Å². The first kappa shape index (κ1) is 55.6. The molecular weight excluding hydrogens is 1110 g/mol. The normalized spacial score (nSPS) is 11.5. The Morgan fingerprint density at radius 2 is 0.644 bits per heavy atom. The molecule has 0 aliphatic rings. The van der Waals surface area contributed by atoms with Gasteiger partial charge in [0.25, 0.3) is 0 Å². The van der Waals surface area contributed by atoms with Gasteiger partial charge in [-0.3, -0.25) is 0 Å². The van der Waals surface area contributed by atoms with E-state index in [2.05, 4.69) is 152 Å². The summed E-state index contributed by atoms with van der Waals surface area (Å²) in [6, 6.07) is 93.1. The zero-order valence-electron chi connectivity index (χ0n) is 48.9. The number of rotatable bonds is 13. The van der Waals surface area contributed by atoms with E-state index in [0.717, 1.165) is 116 Å². The van der Waals surface area contributed by atoms with E-state index in [1.165, 1.54) is 0 Å². The first-order valence-electron chi connectivity index (χ1n) is 29.3. The number of hydrogen-bond donors (Lipinski definition) is 1. The predicted octanol–water partition coefficient (Wildman–Crippen LogP) is 19.5. The SMILES string of the molecule is Cc1cc(-c2ccc(-c3nnc(-c4cccc5ccccc45)o3)c(C)c2)ccc1-c1nnc(-c2cccc3ccccc23)o1.O/C(=N\N=C\c1ccc(-c2ccccc2)cc1)c1ccc(-c2ccc(-c3nnc(-c4ccc(-c5ccccc5)cc4)o3)cc2)cc1. The molecule has 12 aromatic carbocycles. The van der Waals surface area contributed by atoms with E-state index in [0.29, 0.717) is 40.9 Å². The van der Waals surface area contributed by atoms with Crippen molar-refractivity contribution in [1.82, 2.24) is 30.6 Å². The number of aliphatic hydroxyl groups is 1. The molecule has 3 aromatic heterocycles. The summed E-state index contributed by atoms with van der Waals surface area (Å²) in [4.78, 5) is 0. The highest BCUT2D eigenvalue weighted by atomic mass is 16.4. The van der Waals surface area contributed by atoms with Crippen molar-refractivity contribution in [2.45, 2.75) is 13.8 Å². The highest BCUT2D eigenvalue weighted by molar-refractivity contribution is 5.96. The average Bonchev–Trinajstić information content (AvgIpc) is 3.16. The Kier molecular flexibility index (Phi) is 15.4. The number of aryl methyl sites for hydroxylation is 2. The number of benzene rings is 12. The van der Waals surface area contributed by atoms with Crippen molar-refractivity contribution in [2.24, 2.45) is 10.2 Å². The molecule has 0 saturated heterocycles. The molecular formula is C78H54N8O4. The molecule has 0 radical (unpaired) electrons. The second kappa shape index (κ2) is 25.0. The van der Waals surface area contributed by atoms with Gasteiger partial charge in [-0.05, 0) is 157 Å². The molecule has 0 amide bonds. The lowest BCUT2D eigenvalue weighted by Gasteiger charge is -2.09. The monoisotopic (exact) mass is 1170 g/mol. The van der Waals surface area contributed by atoms with Crippen molar-refractivity contribution in [3.63, 3.8) is 0 Å². The number of aromatic nitrogens is 6. The summed E-state index contributed by atoms with van der Waals surface area (Å²) in [5, 5.41) is 49.1. The summed E-state index contributed by atoms with van der Waals surface area (Å²) in [5.74, 6) is 2.80. The summed E-state index contributed by atoms with van der Waals surface area (Å²) in [5.41, 5.74) is 17.7. The molecule has 12 nitrogen and oxygen atoms in total. The minimum Gasteiger partial charge on any atom is -0.492 e. The summed E-state index contributed by atoms with van der Waals surface area (Å²) in [6.45, 7) is 4.13. The Labute approximate surface area is 518 Å². The highest BCUT2D eigenvalue weighted by Gasteiger charge is 2.19. The minimum absolute atomic E-state index is 0.152. The lowest BCUT2D eigenvalue weighted by atomic mass is 9.96. The van der Waals surface area contributed by atoms with Gasteiger partial charge in [0.1, 0.15) is 0 Å². The Morgan fingerprint density at radius 1 is 0.311 bits per heavy atom. The van der Waals surface area contributed by atoms with Crippen LogP contribution in [0.2, 0.25) is 0 Å². The Bertz CT molecular complexity index is 4900. The van der Waals surface area contributed by atoms with Gasteiger partial charge < -0.3 is 18.4 Å². The number of aliphatic hydroxyl groups excluding tert-OH is 1. The van der Waals surface area contributed by atoms with Gasteiger partial charge in [-0.15, -0.1) is 35.7 Å². The molecule has 15 aromatic rings. The zero-order chi connectivity index (χ0) is 60.8. The van der Waals surface area contributed by atoms with Gasteiger partial charge in [-0.1, -0.05) is 218 Å². The Morgan fingerprint density at radius 3 is 1.09 bits per heavy atom. The molecule has 12 heteroatoms. The molecule has 0 spiro atoms. The van der Waals surface area contributed by atoms with Crippen LogP contribution in [0.1, 0.15) is 22.3 Å². The van der Waals surface area contributed by atoms with Crippen LogP contribution in [-0.4, -0.2) is 47.8 Å². The maximum atomic E-state index is 10.5. The van der Waals surface area contributed by atoms with Gasteiger partial charge in [-0.25, -0.2) is 0 Å². The molecule has 3 heterocycles. The van der Waals surface area contributed by atoms with Gasteiger partial charge >= 0.3 is 0 Å². The standard InChI is InChI=1S/C40H28N4O2.C38H26N4O2/c45-38(42-41-27-28-11-13-31(14-12-28)29-7-3-1-4-8-29)35-21-15-33(16-22-35)34-19-25-37(26-20-34)40-44-43-39(46-40)36-23-17-32(18-24-36)30-9-5-2-6-10-30;1-23-21-27(17-19-29(23)35-39-41-37(43-35)33-15-7-11-25-9-3-5-13-31(25)33)28-18-20-30(24(2)22-28)36-40-42-38(44-36)34-16-8-12-26-10-4-6-14-32(26)34/h1-27H,(H,42,45);3-22H,1-2H3/b41-27+;. The molecule has 0 aliphatic carbocycles. The molecule has 0 fully saturated rings. The molecule has 15 rings (SSSR count). The fourth-order valence-corrected chi connectivity index (χ4v) is 11.0. The molecule has 0 aliphatic heterocycles. The van der Waals surface area contributed by atoms with Crippen LogP contribution in [0.4, 0.5) is 0 Å². The maximum Gasteiger partial charge on any atom is 0.248 e. The largest absolute Gasteiger partial charge is 0.492 e. The van der Waals surface area contributed by atoms with E-state index >= 15 is 0 Å². The number of nitrogens with zero attached hydrogens (tertiary/aromatic N) is 8. The van der Waals surface area contributed by atoms with E-state index < -0.39 is 0 Å². The van der Waals surface area contributed by atoms with E-state index in [-0.39, 0.29) is 5.90 Å². The maximum absolute atomic E-state index is 10.5. The van der Waals surface area contributed by atoms with Crippen LogP contribution in [0, 0.1) is 13.8 Å². The van der Waals surface area contributed by atoms with Gasteiger partial charge in [0.15, 0.2) is 0 Å². The topological polar surface area (TPSA) is 162 Å². The van der Waals surface area contributed by atoms with Crippen LogP contribution in [0.3, 0.4) is 0 Å². The molecule has 0 bridgehead atoms. The Balaban J connectivity index is 0.000000157. The summed E-state index contributed by atoms with van der Waals surface area (Å²) >= 11 is 0. The second-order valence-electron chi connectivity index (χ2n) is 21.6. The van der Waals surface area contributed by atoms with Crippen molar-refractivity contribution in [3.8, 4) is 113 Å². The first-order valence-corrected chi connectivity index (χ1v) is 29.3. The van der Waals surface area contributed by atoms with Gasteiger partial charge in [-0.2, -0.15) is 5.10 Å². The summed E-state index contributed by atoms with van der Waals surface area (Å²) < 4.78 is 18.4. The van der Waals surface area contributed by atoms with Crippen molar-refractivity contribution in [3.05, 3.63) is 301 Å². The van der Waals surface area contributed by atoms with E-state index in [1.54, 1.807) is 6.21 Å². The van der Waals surface area contributed by atoms with Gasteiger partial charge in [0.2, 0.25) is 41.2 Å². The van der Waals surface area contributed by atoms with Crippen LogP contribution in [-0.2, 0) is 0 Å². The molecule has 0 unspecified atom stereocenters. The lowest BCUT2D eigenvalue weighted by Crippen LogP contribution is -1.97. The molecule has 1 N–H and O–H groups in total. The summed E-state index contributed by atoms with van der Waals surface area (Å²) in [7, 11) is 0. The third-order valence-corrected chi connectivity index (χ3v) is 15.8. The van der Waals surface area contributed by atoms with E-state index in [9.17, 15) is 5.11 Å².